The molecule has 0 N–H and O–H groups in total. The lowest BCUT2D eigenvalue weighted by Crippen LogP contribution is -2.22. The minimum absolute atomic E-state index is 0.0122. The summed E-state index contributed by atoms with van der Waals surface area (Å²) in [5.41, 5.74) is 2.28. The summed E-state index contributed by atoms with van der Waals surface area (Å²) in [6, 6.07) is 9.56. The zero-order valence-electron chi connectivity index (χ0n) is 11.9. The zero-order valence-corrected chi connectivity index (χ0v) is 11.9. The van der Waals surface area contributed by atoms with Gasteiger partial charge in [-0.15, -0.1) is 0 Å². The second-order valence-corrected chi connectivity index (χ2v) is 5.30. The molecule has 0 saturated heterocycles. The van der Waals surface area contributed by atoms with Gasteiger partial charge >= 0.3 is 5.97 Å². The fourth-order valence-corrected chi connectivity index (χ4v) is 2.81. The normalized spacial score (nSPS) is 18.3. The number of non-ortho nitro benzene ring substituents is 1. The first-order valence-electron chi connectivity index (χ1n) is 6.98. The van der Waals surface area contributed by atoms with Crippen molar-refractivity contribution < 1.29 is 23.9 Å². The van der Waals surface area contributed by atoms with Gasteiger partial charge in [0.2, 0.25) is 6.79 Å². The maximum absolute atomic E-state index is 11.9. The molecule has 7 nitrogen and oxygen atoms in total. The number of fused-ring (bicyclic) bond motifs is 2. The number of nitro benzene ring substituents is 1. The van der Waals surface area contributed by atoms with Crippen molar-refractivity contribution in [1.29, 1.82) is 0 Å². The number of esters is 1. The molecule has 0 saturated carbocycles. The topological polar surface area (TPSA) is 87.9 Å². The van der Waals surface area contributed by atoms with E-state index < -0.39 is 11.0 Å². The molecule has 23 heavy (non-hydrogen) atoms. The Morgan fingerprint density at radius 3 is 2.48 bits per heavy atom. The molecule has 0 amide bonds. The summed E-state index contributed by atoms with van der Waals surface area (Å²) >= 11 is 0. The van der Waals surface area contributed by atoms with Gasteiger partial charge in [0, 0.05) is 17.7 Å². The molecule has 2 aromatic carbocycles. The van der Waals surface area contributed by atoms with Crippen LogP contribution in [0, 0.1) is 10.1 Å². The van der Waals surface area contributed by atoms with Crippen molar-refractivity contribution in [2.24, 2.45) is 0 Å². The zero-order chi connectivity index (χ0) is 16.0. The molecule has 2 aromatic rings. The molecule has 2 heterocycles. The lowest BCUT2D eigenvalue weighted by atomic mass is 9.92. The predicted octanol–water partition coefficient (Wildman–Crippen LogP) is 2.51. The third kappa shape index (κ3) is 2.26. The fourth-order valence-electron chi connectivity index (χ4n) is 2.81. The smallest absolute Gasteiger partial charge is 0.311 e. The third-order valence-electron chi connectivity index (χ3n) is 3.91. The van der Waals surface area contributed by atoms with E-state index in [2.05, 4.69) is 0 Å². The number of hydrogen-bond donors (Lipinski definition) is 0. The summed E-state index contributed by atoms with van der Waals surface area (Å²) in [5, 5.41) is 10.8. The molecule has 1 atom stereocenters. The summed E-state index contributed by atoms with van der Waals surface area (Å²) in [5.74, 6) is 0.870. The van der Waals surface area contributed by atoms with Gasteiger partial charge in [-0.1, -0.05) is 0 Å². The van der Waals surface area contributed by atoms with E-state index in [0.717, 1.165) is 11.1 Å². The van der Waals surface area contributed by atoms with E-state index in [-0.39, 0.29) is 24.9 Å². The van der Waals surface area contributed by atoms with E-state index >= 15 is 0 Å². The molecule has 116 valence electrons. The average molecular weight is 313 g/mol. The molecule has 0 aliphatic carbocycles. The van der Waals surface area contributed by atoms with Gasteiger partial charge < -0.3 is 14.2 Å². The Balaban J connectivity index is 1.78. The van der Waals surface area contributed by atoms with Crippen molar-refractivity contribution in [1.82, 2.24) is 0 Å². The van der Waals surface area contributed by atoms with Crippen LogP contribution < -0.4 is 9.47 Å². The van der Waals surface area contributed by atoms with Crippen LogP contribution in [0.2, 0.25) is 0 Å². The summed E-state index contributed by atoms with van der Waals surface area (Å²) in [6.07, 6.45) is -0.448. The van der Waals surface area contributed by atoms with Gasteiger partial charge in [-0.2, -0.15) is 0 Å². The number of carbonyl (C=O) groups excluding carboxylic acids is 1. The third-order valence-corrected chi connectivity index (χ3v) is 3.91. The quantitative estimate of drug-likeness (QED) is 0.481. The Bertz CT molecular complexity index is 814. The van der Waals surface area contributed by atoms with Gasteiger partial charge in [0.15, 0.2) is 17.6 Å². The Morgan fingerprint density at radius 1 is 1.09 bits per heavy atom. The number of carbonyl (C=O) groups is 1. The summed E-state index contributed by atoms with van der Waals surface area (Å²) in [4.78, 5) is 22.2. The Hall–Kier alpha value is -3.09. The van der Waals surface area contributed by atoms with Gasteiger partial charge in [-0.25, -0.2) is 0 Å². The lowest BCUT2D eigenvalue weighted by Gasteiger charge is -2.26. The number of cyclic esters (lactones) is 1. The van der Waals surface area contributed by atoms with Gasteiger partial charge in [0.1, 0.15) is 0 Å². The minimum atomic E-state index is -0.610. The summed E-state index contributed by atoms with van der Waals surface area (Å²) in [6.45, 7) is 0.148. The van der Waals surface area contributed by atoms with Gasteiger partial charge in [-0.05, 0) is 35.4 Å². The molecule has 2 aliphatic rings. The SMILES string of the molecule is O=C1Cc2cc3c(cc2C(c2ccc([N+](=O)[O-])cc2)O1)OCO3. The van der Waals surface area contributed by atoms with Crippen LogP contribution in [0.15, 0.2) is 36.4 Å². The number of ether oxygens (including phenoxy) is 3. The van der Waals surface area contributed by atoms with Crippen molar-refractivity contribution in [2.45, 2.75) is 12.5 Å². The summed E-state index contributed by atoms with van der Waals surface area (Å²) < 4.78 is 16.2. The number of rotatable bonds is 2. The van der Waals surface area contributed by atoms with E-state index in [4.69, 9.17) is 14.2 Å². The van der Waals surface area contributed by atoms with Crippen molar-refractivity contribution in [3.8, 4) is 11.5 Å². The molecular weight excluding hydrogens is 302 g/mol. The second kappa shape index (κ2) is 4.98. The average Bonchev–Trinajstić information content (AvgIpc) is 2.99. The van der Waals surface area contributed by atoms with E-state index in [0.29, 0.717) is 17.1 Å². The molecular formula is C16H11NO6. The van der Waals surface area contributed by atoms with Crippen LogP contribution in [-0.2, 0) is 16.0 Å². The highest BCUT2D eigenvalue weighted by Gasteiger charge is 2.31. The Labute approximate surface area is 130 Å². The monoisotopic (exact) mass is 313 g/mol. The number of hydrogen-bond acceptors (Lipinski definition) is 6. The Kier molecular flexibility index (Phi) is 2.94. The number of nitro groups is 1. The molecule has 0 aromatic heterocycles. The molecule has 0 spiro atoms. The standard InChI is InChI=1S/C16H11NO6/c18-15-6-10-5-13-14(22-8-21-13)7-12(10)16(23-15)9-1-3-11(4-2-9)17(19)20/h1-5,7,16H,6,8H2. The first kappa shape index (κ1) is 13.6. The number of nitrogens with zero attached hydrogens (tertiary/aromatic N) is 1. The molecule has 0 radical (unpaired) electrons. The highest BCUT2D eigenvalue weighted by Crippen LogP contribution is 2.42. The maximum atomic E-state index is 11.9. The molecule has 1 unspecified atom stereocenters. The van der Waals surface area contributed by atoms with Crippen molar-refractivity contribution >= 4 is 11.7 Å². The largest absolute Gasteiger partial charge is 0.454 e. The first-order valence-corrected chi connectivity index (χ1v) is 6.98. The molecule has 4 rings (SSSR count). The van der Waals surface area contributed by atoms with Crippen LogP contribution in [0.4, 0.5) is 5.69 Å². The maximum Gasteiger partial charge on any atom is 0.311 e. The molecule has 2 aliphatic heterocycles. The molecule has 0 bridgehead atoms. The summed E-state index contributed by atoms with van der Waals surface area (Å²) in [7, 11) is 0. The fraction of sp³-hybridized carbons (Fsp3) is 0.188. The Morgan fingerprint density at radius 2 is 1.78 bits per heavy atom. The van der Waals surface area contributed by atoms with Crippen molar-refractivity contribution in [3.63, 3.8) is 0 Å². The van der Waals surface area contributed by atoms with Gasteiger partial charge in [0.05, 0.1) is 11.3 Å². The van der Waals surface area contributed by atoms with E-state index in [9.17, 15) is 14.9 Å². The van der Waals surface area contributed by atoms with Gasteiger partial charge in [0.25, 0.3) is 5.69 Å². The van der Waals surface area contributed by atoms with Crippen molar-refractivity contribution in [3.05, 3.63) is 63.2 Å². The predicted molar refractivity (Wildman–Crippen MR) is 77.3 cm³/mol. The van der Waals surface area contributed by atoms with Crippen LogP contribution >= 0.6 is 0 Å². The minimum Gasteiger partial charge on any atom is -0.454 e. The highest BCUT2D eigenvalue weighted by atomic mass is 16.7. The first-order chi connectivity index (χ1) is 11.1. The van der Waals surface area contributed by atoms with E-state index in [1.807, 2.05) is 0 Å². The number of benzene rings is 2. The van der Waals surface area contributed by atoms with E-state index in [1.54, 1.807) is 24.3 Å². The highest BCUT2D eigenvalue weighted by molar-refractivity contribution is 5.77. The van der Waals surface area contributed by atoms with Gasteiger partial charge in [-0.3, -0.25) is 14.9 Å². The van der Waals surface area contributed by atoms with Crippen LogP contribution in [0.25, 0.3) is 0 Å². The van der Waals surface area contributed by atoms with E-state index in [1.165, 1.54) is 12.1 Å². The van der Waals surface area contributed by atoms with Crippen LogP contribution in [0.1, 0.15) is 22.8 Å². The van der Waals surface area contributed by atoms with Crippen LogP contribution in [0.3, 0.4) is 0 Å². The van der Waals surface area contributed by atoms with Crippen molar-refractivity contribution in [2.75, 3.05) is 6.79 Å². The van der Waals surface area contributed by atoms with Crippen LogP contribution in [0.5, 0.6) is 11.5 Å². The second-order valence-electron chi connectivity index (χ2n) is 5.30. The van der Waals surface area contributed by atoms with Crippen LogP contribution in [-0.4, -0.2) is 17.7 Å². The molecule has 7 heteroatoms. The lowest BCUT2D eigenvalue weighted by molar-refractivity contribution is -0.384. The molecule has 0 fully saturated rings.